The molecule has 0 aliphatic carbocycles. The first-order valence-corrected chi connectivity index (χ1v) is 4.71. The summed E-state index contributed by atoms with van der Waals surface area (Å²) in [5, 5.41) is 0. The molecule has 0 aromatic carbocycles. The molecule has 0 unspecified atom stereocenters. The molecule has 2 heteroatoms. The van der Waals surface area contributed by atoms with E-state index in [1.54, 1.807) is 0 Å². The van der Waals surface area contributed by atoms with Crippen molar-refractivity contribution in [2.75, 3.05) is 6.61 Å². The van der Waals surface area contributed by atoms with Crippen molar-refractivity contribution in [1.82, 2.24) is 0 Å². The second-order valence-electron chi connectivity index (χ2n) is 3.71. The maximum absolute atomic E-state index is 11.3. The summed E-state index contributed by atoms with van der Waals surface area (Å²) >= 11 is 0. The Morgan fingerprint density at radius 2 is 1.92 bits per heavy atom. The van der Waals surface area contributed by atoms with Gasteiger partial charge in [-0.1, -0.05) is 19.8 Å². The van der Waals surface area contributed by atoms with Gasteiger partial charge < -0.3 is 4.74 Å². The number of rotatable bonds is 5. The van der Waals surface area contributed by atoms with E-state index < -0.39 is 0 Å². The minimum Gasteiger partial charge on any atom is -0.466 e. The predicted octanol–water partition coefficient (Wildman–Crippen LogP) is 2.77. The number of hydrogen-bond donors (Lipinski definition) is 0. The largest absolute Gasteiger partial charge is 0.466 e. The molecule has 0 heterocycles. The van der Waals surface area contributed by atoms with Crippen LogP contribution in [0.5, 0.6) is 0 Å². The first-order chi connectivity index (χ1) is 5.54. The van der Waals surface area contributed by atoms with Crippen LogP contribution in [0, 0.1) is 5.41 Å². The summed E-state index contributed by atoms with van der Waals surface area (Å²) in [5.74, 6) is -0.0709. The smallest absolute Gasteiger partial charge is 0.311 e. The van der Waals surface area contributed by atoms with Gasteiger partial charge in [-0.25, -0.2) is 0 Å². The van der Waals surface area contributed by atoms with Crippen molar-refractivity contribution in [3.05, 3.63) is 0 Å². The SMILES string of the molecule is CCCCC(C)(C)C(=O)OCC. The summed E-state index contributed by atoms with van der Waals surface area (Å²) in [7, 11) is 0. The highest BCUT2D eigenvalue weighted by atomic mass is 16.5. The highest BCUT2D eigenvalue weighted by molar-refractivity contribution is 5.75. The lowest BCUT2D eigenvalue weighted by molar-refractivity contribution is -0.153. The van der Waals surface area contributed by atoms with E-state index in [-0.39, 0.29) is 11.4 Å². The average Bonchev–Trinajstić information content (AvgIpc) is 2.01. The van der Waals surface area contributed by atoms with Gasteiger partial charge in [0.2, 0.25) is 0 Å². The molecule has 12 heavy (non-hydrogen) atoms. The third kappa shape index (κ3) is 3.74. The molecule has 72 valence electrons. The van der Waals surface area contributed by atoms with Gasteiger partial charge in [0.15, 0.2) is 0 Å². The lowest BCUT2D eigenvalue weighted by Gasteiger charge is -2.21. The Morgan fingerprint density at radius 1 is 1.33 bits per heavy atom. The number of esters is 1. The Hall–Kier alpha value is -0.530. The molecule has 0 aromatic rings. The van der Waals surface area contributed by atoms with Crippen LogP contribution in [0.2, 0.25) is 0 Å². The first kappa shape index (κ1) is 11.5. The van der Waals surface area contributed by atoms with Crippen LogP contribution in [-0.2, 0) is 9.53 Å². The summed E-state index contributed by atoms with van der Waals surface area (Å²) in [6.45, 7) is 8.34. The molecule has 0 spiro atoms. The lowest BCUT2D eigenvalue weighted by atomic mass is 9.87. The van der Waals surface area contributed by atoms with Crippen molar-refractivity contribution in [2.45, 2.75) is 47.0 Å². The van der Waals surface area contributed by atoms with E-state index in [1.807, 2.05) is 20.8 Å². The van der Waals surface area contributed by atoms with Gasteiger partial charge in [-0.05, 0) is 27.2 Å². The van der Waals surface area contributed by atoms with Crippen molar-refractivity contribution in [1.29, 1.82) is 0 Å². The van der Waals surface area contributed by atoms with Gasteiger partial charge in [-0.2, -0.15) is 0 Å². The summed E-state index contributed by atoms with van der Waals surface area (Å²) in [6, 6.07) is 0. The van der Waals surface area contributed by atoms with Crippen LogP contribution in [0.3, 0.4) is 0 Å². The Bertz CT molecular complexity index is 139. The van der Waals surface area contributed by atoms with Crippen LogP contribution >= 0.6 is 0 Å². The normalized spacial score (nSPS) is 11.3. The zero-order chi connectivity index (χ0) is 9.61. The summed E-state index contributed by atoms with van der Waals surface area (Å²) < 4.78 is 4.96. The highest BCUT2D eigenvalue weighted by Gasteiger charge is 2.27. The number of carbonyl (C=O) groups excluding carboxylic acids is 1. The predicted molar refractivity (Wildman–Crippen MR) is 49.9 cm³/mol. The van der Waals surface area contributed by atoms with E-state index in [0.29, 0.717) is 6.61 Å². The van der Waals surface area contributed by atoms with E-state index in [4.69, 9.17) is 4.74 Å². The van der Waals surface area contributed by atoms with Crippen molar-refractivity contribution in [2.24, 2.45) is 5.41 Å². The molecule has 0 aliphatic rings. The Kier molecular flexibility index (Phi) is 4.95. The molecule has 0 atom stereocenters. The van der Waals surface area contributed by atoms with Crippen LogP contribution in [0.4, 0.5) is 0 Å². The third-order valence-corrected chi connectivity index (χ3v) is 1.98. The van der Waals surface area contributed by atoms with E-state index in [0.717, 1.165) is 19.3 Å². The molecule has 0 N–H and O–H groups in total. The fourth-order valence-electron chi connectivity index (χ4n) is 1.05. The number of unbranched alkanes of at least 4 members (excludes halogenated alkanes) is 1. The zero-order valence-electron chi connectivity index (χ0n) is 8.64. The molecule has 0 rings (SSSR count). The minimum absolute atomic E-state index is 0.0709. The molecule has 0 aromatic heterocycles. The van der Waals surface area contributed by atoms with Gasteiger partial charge in [0, 0.05) is 0 Å². The van der Waals surface area contributed by atoms with Gasteiger partial charge in [0.1, 0.15) is 0 Å². The summed E-state index contributed by atoms with van der Waals surface area (Å²) in [5.41, 5.74) is -0.300. The van der Waals surface area contributed by atoms with Gasteiger partial charge in [0.05, 0.1) is 12.0 Å². The second kappa shape index (κ2) is 5.18. The maximum Gasteiger partial charge on any atom is 0.311 e. The summed E-state index contributed by atoms with van der Waals surface area (Å²) in [6.07, 6.45) is 3.14. The molecular formula is C10H20O2. The molecule has 0 saturated heterocycles. The van der Waals surface area contributed by atoms with Crippen LogP contribution < -0.4 is 0 Å². The van der Waals surface area contributed by atoms with Crippen LogP contribution in [0.25, 0.3) is 0 Å². The zero-order valence-corrected chi connectivity index (χ0v) is 8.64. The maximum atomic E-state index is 11.3. The van der Waals surface area contributed by atoms with Gasteiger partial charge in [-0.3, -0.25) is 4.79 Å². The van der Waals surface area contributed by atoms with E-state index >= 15 is 0 Å². The van der Waals surface area contributed by atoms with Crippen molar-refractivity contribution < 1.29 is 9.53 Å². The van der Waals surface area contributed by atoms with Crippen molar-refractivity contribution in [3.63, 3.8) is 0 Å². The lowest BCUT2D eigenvalue weighted by Crippen LogP contribution is -2.26. The summed E-state index contributed by atoms with van der Waals surface area (Å²) in [4.78, 5) is 11.3. The molecular weight excluding hydrogens is 152 g/mol. The molecule has 0 amide bonds. The molecule has 0 fully saturated rings. The standard InChI is InChI=1S/C10H20O2/c1-5-7-8-10(3,4)9(11)12-6-2/h5-8H2,1-4H3. The number of ether oxygens (including phenoxy) is 1. The van der Waals surface area contributed by atoms with E-state index in [9.17, 15) is 4.79 Å². The van der Waals surface area contributed by atoms with Gasteiger partial charge in [-0.15, -0.1) is 0 Å². The first-order valence-electron chi connectivity index (χ1n) is 4.71. The average molecular weight is 172 g/mol. The molecule has 2 nitrogen and oxygen atoms in total. The van der Waals surface area contributed by atoms with Gasteiger partial charge >= 0.3 is 5.97 Å². The van der Waals surface area contributed by atoms with Crippen LogP contribution in [0.15, 0.2) is 0 Å². The third-order valence-electron chi connectivity index (χ3n) is 1.98. The minimum atomic E-state index is -0.300. The van der Waals surface area contributed by atoms with Crippen LogP contribution in [-0.4, -0.2) is 12.6 Å². The fourth-order valence-corrected chi connectivity index (χ4v) is 1.05. The number of hydrogen-bond acceptors (Lipinski definition) is 2. The molecule has 0 radical (unpaired) electrons. The fraction of sp³-hybridized carbons (Fsp3) is 0.900. The monoisotopic (exact) mass is 172 g/mol. The van der Waals surface area contributed by atoms with Gasteiger partial charge in [0.25, 0.3) is 0 Å². The quantitative estimate of drug-likeness (QED) is 0.596. The highest BCUT2D eigenvalue weighted by Crippen LogP contribution is 2.24. The van der Waals surface area contributed by atoms with Crippen molar-refractivity contribution >= 4 is 5.97 Å². The Morgan fingerprint density at radius 3 is 2.33 bits per heavy atom. The number of carbonyl (C=O) groups is 1. The second-order valence-corrected chi connectivity index (χ2v) is 3.71. The Balaban J connectivity index is 3.90. The van der Waals surface area contributed by atoms with E-state index in [1.165, 1.54) is 0 Å². The topological polar surface area (TPSA) is 26.3 Å². The molecule has 0 saturated carbocycles. The molecule has 0 bridgehead atoms. The van der Waals surface area contributed by atoms with Crippen LogP contribution in [0.1, 0.15) is 47.0 Å². The molecule has 0 aliphatic heterocycles. The van der Waals surface area contributed by atoms with Crippen molar-refractivity contribution in [3.8, 4) is 0 Å². The van der Waals surface area contributed by atoms with E-state index in [2.05, 4.69) is 6.92 Å². The Labute approximate surface area is 75.3 Å².